The van der Waals surface area contributed by atoms with Crippen molar-refractivity contribution < 1.29 is 18.0 Å². The normalized spacial score (nSPS) is 11.2. The number of carbonyl (C=O) groups is 1. The largest absolute Gasteiger partial charge is 0.417 e. The molecule has 0 spiro atoms. The maximum absolute atomic E-state index is 12.4. The highest BCUT2D eigenvalue weighted by Crippen LogP contribution is 2.36. The molecule has 0 aliphatic rings. The number of hydrogen-bond acceptors (Lipinski definition) is 1. The minimum atomic E-state index is -4.50. The van der Waals surface area contributed by atoms with E-state index in [1.807, 2.05) is 0 Å². The molecular formula is C10H10ClF3N2O. The van der Waals surface area contributed by atoms with Crippen LogP contribution in [-0.2, 0) is 6.18 Å². The predicted molar refractivity (Wildman–Crippen MR) is 59.3 cm³/mol. The van der Waals surface area contributed by atoms with E-state index in [0.29, 0.717) is 0 Å². The van der Waals surface area contributed by atoms with Crippen LogP contribution in [0.5, 0.6) is 0 Å². The summed E-state index contributed by atoms with van der Waals surface area (Å²) in [5.74, 6) is 0. The molecule has 0 bridgehead atoms. The Bertz CT molecular complexity index is 434. The van der Waals surface area contributed by atoms with Gasteiger partial charge in [0.2, 0.25) is 0 Å². The van der Waals surface area contributed by atoms with Gasteiger partial charge in [0.25, 0.3) is 0 Å². The van der Waals surface area contributed by atoms with Crippen molar-refractivity contribution in [3.05, 3.63) is 28.8 Å². The van der Waals surface area contributed by atoms with Crippen LogP contribution in [0.4, 0.5) is 23.7 Å². The van der Waals surface area contributed by atoms with Crippen molar-refractivity contribution in [2.45, 2.75) is 6.18 Å². The van der Waals surface area contributed by atoms with E-state index in [-0.39, 0.29) is 5.69 Å². The first-order valence-electron chi connectivity index (χ1n) is 4.59. The van der Waals surface area contributed by atoms with Gasteiger partial charge >= 0.3 is 12.2 Å². The van der Waals surface area contributed by atoms with E-state index in [1.54, 1.807) is 0 Å². The molecule has 0 unspecified atom stereocenters. The first-order valence-corrected chi connectivity index (χ1v) is 4.97. The summed E-state index contributed by atoms with van der Waals surface area (Å²) in [7, 11) is 2.85. The second-order valence-corrected chi connectivity index (χ2v) is 3.68. The van der Waals surface area contributed by atoms with Gasteiger partial charge in [-0.05, 0) is 18.2 Å². The molecule has 1 aromatic carbocycles. The SMILES string of the molecule is CNC(=O)N(C)c1ccc(C(F)(F)F)c(Cl)c1. The first kappa shape index (κ1) is 13.6. The zero-order chi connectivity index (χ0) is 13.2. The van der Waals surface area contributed by atoms with E-state index < -0.39 is 22.8 Å². The number of carbonyl (C=O) groups excluding carboxylic acids is 1. The summed E-state index contributed by atoms with van der Waals surface area (Å²) in [5, 5.41) is 1.91. The summed E-state index contributed by atoms with van der Waals surface area (Å²) < 4.78 is 37.3. The Morgan fingerprint density at radius 3 is 2.41 bits per heavy atom. The lowest BCUT2D eigenvalue weighted by Gasteiger charge is -2.18. The molecule has 1 rings (SSSR count). The van der Waals surface area contributed by atoms with Crippen molar-refractivity contribution in [1.82, 2.24) is 5.32 Å². The average molecular weight is 267 g/mol. The Morgan fingerprint density at radius 1 is 1.41 bits per heavy atom. The number of rotatable bonds is 1. The quantitative estimate of drug-likeness (QED) is 0.832. The van der Waals surface area contributed by atoms with Crippen LogP contribution in [0.1, 0.15) is 5.56 Å². The van der Waals surface area contributed by atoms with Crippen LogP contribution in [0.15, 0.2) is 18.2 Å². The molecule has 7 heteroatoms. The number of urea groups is 1. The molecule has 0 fully saturated rings. The molecule has 2 amide bonds. The molecule has 94 valence electrons. The Balaban J connectivity index is 3.09. The standard InChI is InChI=1S/C10H10ClF3N2O/c1-15-9(17)16(2)6-3-4-7(8(11)5-6)10(12,13)14/h3-5H,1-2H3,(H,15,17). The number of amides is 2. The van der Waals surface area contributed by atoms with E-state index in [1.165, 1.54) is 20.2 Å². The van der Waals surface area contributed by atoms with Gasteiger partial charge in [0.05, 0.1) is 10.6 Å². The van der Waals surface area contributed by atoms with Crippen molar-refractivity contribution in [3.63, 3.8) is 0 Å². The third kappa shape index (κ3) is 3.03. The Kier molecular flexibility index (Phi) is 3.87. The molecule has 0 atom stereocenters. The summed E-state index contributed by atoms with van der Waals surface area (Å²) in [6.07, 6.45) is -4.50. The third-order valence-electron chi connectivity index (χ3n) is 2.16. The van der Waals surface area contributed by atoms with Gasteiger partial charge in [-0.25, -0.2) is 4.79 Å². The van der Waals surface area contributed by atoms with Crippen molar-refractivity contribution in [2.75, 3.05) is 19.0 Å². The summed E-state index contributed by atoms with van der Waals surface area (Å²) in [4.78, 5) is 12.4. The summed E-state index contributed by atoms with van der Waals surface area (Å²) in [5.41, 5.74) is -0.643. The summed E-state index contributed by atoms with van der Waals surface area (Å²) in [6, 6.07) is 2.68. The number of nitrogens with zero attached hydrogens (tertiary/aromatic N) is 1. The number of anilines is 1. The number of hydrogen-bond donors (Lipinski definition) is 1. The Hall–Kier alpha value is -1.43. The van der Waals surface area contributed by atoms with Crippen molar-refractivity contribution in [1.29, 1.82) is 0 Å². The van der Waals surface area contributed by atoms with Crippen LogP contribution in [0.25, 0.3) is 0 Å². The topological polar surface area (TPSA) is 32.3 Å². The number of benzene rings is 1. The van der Waals surface area contributed by atoms with Gasteiger partial charge in [-0.15, -0.1) is 0 Å². The van der Waals surface area contributed by atoms with Gasteiger partial charge < -0.3 is 5.32 Å². The van der Waals surface area contributed by atoms with Gasteiger partial charge in [-0.3, -0.25) is 4.90 Å². The van der Waals surface area contributed by atoms with Crippen molar-refractivity contribution >= 4 is 23.3 Å². The lowest BCUT2D eigenvalue weighted by molar-refractivity contribution is -0.137. The van der Waals surface area contributed by atoms with Crippen LogP contribution >= 0.6 is 11.6 Å². The monoisotopic (exact) mass is 266 g/mol. The molecule has 0 aromatic heterocycles. The van der Waals surface area contributed by atoms with E-state index >= 15 is 0 Å². The molecule has 0 aliphatic carbocycles. The maximum atomic E-state index is 12.4. The second-order valence-electron chi connectivity index (χ2n) is 3.28. The molecule has 0 saturated heterocycles. The number of halogens is 4. The number of nitrogens with one attached hydrogen (secondary N) is 1. The van der Waals surface area contributed by atoms with Crippen LogP contribution in [0, 0.1) is 0 Å². The molecule has 17 heavy (non-hydrogen) atoms. The molecule has 0 heterocycles. The fourth-order valence-corrected chi connectivity index (χ4v) is 1.51. The third-order valence-corrected chi connectivity index (χ3v) is 2.48. The van der Waals surface area contributed by atoms with Gasteiger partial charge in [-0.2, -0.15) is 13.2 Å². The average Bonchev–Trinajstić information content (AvgIpc) is 2.25. The van der Waals surface area contributed by atoms with Crippen LogP contribution in [0.3, 0.4) is 0 Å². The van der Waals surface area contributed by atoms with Crippen LogP contribution < -0.4 is 10.2 Å². The highest BCUT2D eigenvalue weighted by Gasteiger charge is 2.33. The van der Waals surface area contributed by atoms with Gasteiger partial charge in [0.15, 0.2) is 0 Å². The molecular weight excluding hydrogens is 257 g/mol. The van der Waals surface area contributed by atoms with Gasteiger partial charge in [0.1, 0.15) is 0 Å². The molecule has 0 saturated carbocycles. The predicted octanol–water partition coefficient (Wildman–Crippen LogP) is 3.13. The summed E-state index contributed by atoms with van der Waals surface area (Å²) in [6.45, 7) is 0. The van der Waals surface area contributed by atoms with E-state index in [0.717, 1.165) is 17.0 Å². The van der Waals surface area contributed by atoms with Crippen molar-refractivity contribution in [3.8, 4) is 0 Å². The molecule has 3 nitrogen and oxygen atoms in total. The molecule has 0 radical (unpaired) electrons. The Morgan fingerprint density at radius 2 is 2.00 bits per heavy atom. The maximum Gasteiger partial charge on any atom is 0.417 e. The van der Waals surface area contributed by atoms with E-state index in [4.69, 9.17) is 11.6 Å². The molecule has 1 aromatic rings. The lowest BCUT2D eigenvalue weighted by Crippen LogP contribution is -2.34. The fourth-order valence-electron chi connectivity index (χ4n) is 1.23. The molecule has 0 aliphatic heterocycles. The zero-order valence-electron chi connectivity index (χ0n) is 9.10. The summed E-state index contributed by atoms with van der Waals surface area (Å²) >= 11 is 5.53. The van der Waals surface area contributed by atoms with Crippen LogP contribution in [-0.4, -0.2) is 20.1 Å². The number of alkyl halides is 3. The minimum absolute atomic E-state index is 0.280. The zero-order valence-corrected chi connectivity index (χ0v) is 9.86. The van der Waals surface area contributed by atoms with Crippen LogP contribution in [0.2, 0.25) is 5.02 Å². The van der Waals surface area contributed by atoms with E-state index in [2.05, 4.69) is 5.32 Å². The van der Waals surface area contributed by atoms with Crippen molar-refractivity contribution in [2.24, 2.45) is 0 Å². The Labute approximate surface area is 101 Å². The fraction of sp³-hybridized carbons (Fsp3) is 0.300. The second kappa shape index (κ2) is 4.83. The molecule has 1 N–H and O–H groups in total. The smallest absolute Gasteiger partial charge is 0.341 e. The van der Waals surface area contributed by atoms with E-state index in [9.17, 15) is 18.0 Å². The first-order chi connectivity index (χ1) is 7.77. The van der Waals surface area contributed by atoms with Gasteiger partial charge in [-0.1, -0.05) is 11.6 Å². The highest BCUT2D eigenvalue weighted by atomic mass is 35.5. The van der Waals surface area contributed by atoms with Gasteiger partial charge in [0, 0.05) is 19.8 Å². The highest BCUT2D eigenvalue weighted by molar-refractivity contribution is 6.31. The lowest BCUT2D eigenvalue weighted by atomic mass is 10.2. The minimum Gasteiger partial charge on any atom is -0.341 e.